The quantitative estimate of drug-likeness (QED) is 0.525. The molecule has 3 amide bonds. The van der Waals surface area contributed by atoms with Crippen molar-refractivity contribution in [3.63, 3.8) is 0 Å². The minimum Gasteiger partial charge on any atom is -0.493 e. The molecule has 4 bridgehead atoms. The van der Waals surface area contributed by atoms with Gasteiger partial charge >= 0.3 is 0 Å². The Hall–Kier alpha value is -4.01. The summed E-state index contributed by atoms with van der Waals surface area (Å²) in [6, 6.07) is 11.4. The summed E-state index contributed by atoms with van der Waals surface area (Å²) >= 11 is 0. The zero-order valence-corrected chi connectivity index (χ0v) is 23.5. The summed E-state index contributed by atoms with van der Waals surface area (Å²) in [5, 5.41) is 7.00. The summed E-state index contributed by atoms with van der Waals surface area (Å²) in [6.07, 6.45) is 5.83. The summed E-state index contributed by atoms with van der Waals surface area (Å²) < 4.78 is 13.1. The number of amides is 3. The summed E-state index contributed by atoms with van der Waals surface area (Å²) in [5.41, 5.74) is 3.58. The molecule has 2 aliphatic rings. The number of carbonyl (C=O) groups excluding carboxylic acids is 3. The molecule has 0 radical (unpaired) electrons. The lowest BCUT2D eigenvalue weighted by Gasteiger charge is -2.30. The summed E-state index contributed by atoms with van der Waals surface area (Å²) in [6.45, 7) is 0.868. The van der Waals surface area contributed by atoms with Gasteiger partial charge in [-0.15, -0.1) is 0 Å². The summed E-state index contributed by atoms with van der Waals surface area (Å²) in [5.74, 6) is 1.07. The van der Waals surface area contributed by atoms with Crippen LogP contribution in [0.5, 0.6) is 11.5 Å². The SMILES string of the molecule is COc1cc2cc(c1OC)CCCNC(=O)C[C@@H]1CC[C@H](CNC(=O)CC2)N1C(=O)c1cn(C)c2ccccc12. The molecule has 212 valence electrons. The number of fused-ring (bicyclic) bond motifs is 5. The fourth-order valence-electron chi connectivity index (χ4n) is 6.15. The number of aromatic nitrogens is 1. The molecule has 1 saturated heterocycles. The van der Waals surface area contributed by atoms with Crippen LogP contribution in [0.2, 0.25) is 0 Å². The molecule has 1 fully saturated rings. The molecule has 2 aromatic carbocycles. The van der Waals surface area contributed by atoms with Gasteiger partial charge in [0.2, 0.25) is 11.8 Å². The Labute approximate surface area is 234 Å². The third kappa shape index (κ3) is 5.64. The van der Waals surface area contributed by atoms with Gasteiger partial charge in [-0.2, -0.15) is 0 Å². The maximum Gasteiger partial charge on any atom is 0.256 e. The third-order valence-electron chi connectivity index (χ3n) is 8.14. The van der Waals surface area contributed by atoms with Crippen LogP contribution in [0.4, 0.5) is 0 Å². The second-order valence-corrected chi connectivity index (χ2v) is 10.7. The second kappa shape index (κ2) is 12.0. The first-order chi connectivity index (χ1) is 19.4. The monoisotopic (exact) mass is 546 g/mol. The second-order valence-electron chi connectivity index (χ2n) is 10.7. The Morgan fingerprint density at radius 2 is 1.75 bits per heavy atom. The number of benzene rings is 2. The maximum absolute atomic E-state index is 14.0. The van der Waals surface area contributed by atoms with E-state index in [0.717, 1.165) is 34.9 Å². The first-order valence-electron chi connectivity index (χ1n) is 14.0. The standard InChI is InChI=1S/C31H38N4O5/c1-34-19-25(24-8-4-5-9-26(24)34)31(38)35-22-11-12-23(35)18-33-28(36)13-10-20-15-21(7-6-14-32-29(37)17-22)30(40-3)27(16-20)39-2/h4-5,8-9,15-16,19,22-23H,6-7,10-14,17-18H2,1-3H3,(H,32,37)(H,33,36)/t22-,23+/m0/s1. The number of para-hydroxylation sites is 1. The number of rotatable bonds is 3. The van der Waals surface area contributed by atoms with Crippen LogP contribution in [0.1, 0.15) is 53.6 Å². The molecule has 2 atom stereocenters. The van der Waals surface area contributed by atoms with Gasteiger partial charge in [0.1, 0.15) is 0 Å². The number of carbonyl (C=O) groups is 3. The molecular weight excluding hydrogens is 508 g/mol. The predicted molar refractivity (Wildman–Crippen MR) is 153 cm³/mol. The highest BCUT2D eigenvalue weighted by molar-refractivity contribution is 6.07. The van der Waals surface area contributed by atoms with E-state index in [1.54, 1.807) is 14.2 Å². The zero-order chi connectivity index (χ0) is 28.2. The third-order valence-corrected chi connectivity index (χ3v) is 8.14. The number of hydrogen-bond acceptors (Lipinski definition) is 5. The largest absolute Gasteiger partial charge is 0.493 e. The lowest BCUT2D eigenvalue weighted by molar-refractivity contribution is -0.123. The molecule has 9 heteroatoms. The van der Waals surface area contributed by atoms with Crippen molar-refractivity contribution in [3.05, 3.63) is 59.3 Å². The van der Waals surface area contributed by atoms with Crippen LogP contribution >= 0.6 is 0 Å². The topological polar surface area (TPSA) is 102 Å². The van der Waals surface area contributed by atoms with Crippen LogP contribution in [0, 0.1) is 0 Å². The highest BCUT2D eigenvalue weighted by Gasteiger charge is 2.39. The van der Waals surface area contributed by atoms with Crippen molar-refractivity contribution in [2.75, 3.05) is 27.3 Å². The Balaban J connectivity index is 1.40. The Bertz CT molecular complexity index is 1410. The predicted octanol–water partition coefficient (Wildman–Crippen LogP) is 3.37. The number of hydrogen-bond donors (Lipinski definition) is 2. The normalized spacial score (nSPS) is 20.5. The van der Waals surface area contributed by atoms with Crippen molar-refractivity contribution in [1.29, 1.82) is 0 Å². The van der Waals surface area contributed by atoms with E-state index in [-0.39, 0.29) is 36.2 Å². The van der Waals surface area contributed by atoms with E-state index >= 15 is 0 Å². The van der Waals surface area contributed by atoms with Gasteiger partial charge in [0.25, 0.3) is 5.91 Å². The molecule has 2 N–H and O–H groups in total. The van der Waals surface area contributed by atoms with Gasteiger partial charge in [-0.3, -0.25) is 14.4 Å². The van der Waals surface area contributed by atoms with Gasteiger partial charge in [-0.25, -0.2) is 0 Å². The lowest BCUT2D eigenvalue weighted by Crippen LogP contribution is -2.47. The van der Waals surface area contributed by atoms with E-state index in [9.17, 15) is 14.4 Å². The Morgan fingerprint density at radius 1 is 0.950 bits per heavy atom. The van der Waals surface area contributed by atoms with Gasteiger partial charge < -0.3 is 29.6 Å². The highest BCUT2D eigenvalue weighted by Crippen LogP contribution is 2.34. The Kier molecular flexibility index (Phi) is 8.28. The fraction of sp³-hybridized carbons (Fsp3) is 0.452. The molecule has 9 nitrogen and oxygen atoms in total. The summed E-state index contributed by atoms with van der Waals surface area (Å²) in [4.78, 5) is 41.8. The first-order valence-corrected chi connectivity index (χ1v) is 14.0. The van der Waals surface area contributed by atoms with Crippen LogP contribution in [0.15, 0.2) is 42.6 Å². The van der Waals surface area contributed by atoms with Crippen LogP contribution in [0.25, 0.3) is 10.9 Å². The van der Waals surface area contributed by atoms with Gasteiger partial charge in [-0.05, 0) is 55.4 Å². The highest BCUT2D eigenvalue weighted by atomic mass is 16.5. The molecule has 0 spiro atoms. The van der Waals surface area contributed by atoms with Crippen molar-refractivity contribution in [2.45, 2.75) is 57.0 Å². The van der Waals surface area contributed by atoms with Gasteiger partial charge in [-0.1, -0.05) is 24.3 Å². The van der Waals surface area contributed by atoms with E-state index in [1.165, 1.54) is 0 Å². The summed E-state index contributed by atoms with van der Waals surface area (Å²) in [7, 11) is 5.15. The lowest BCUT2D eigenvalue weighted by atomic mass is 10.0. The number of ether oxygens (including phenoxy) is 2. The van der Waals surface area contributed by atoms with Crippen LogP contribution in [-0.2, 0) is 29.5 Å². The van der Waals surface area contributed by atoms with Crippen LogP contribution in [0.3, 0.4) is 0 Å². The molecule has 0 saturated carbocycles. The number of aryl methyl sites for hydroxylation is 3. The first kappa shape index (κ1) is 27.6. The van der Waals surface area contributed by atoms with Crippen molar-refractivity contribution in [3.8, 4) is 11.5 Å². The van der Waals surface area contributed by atoms with E-state index in [4.69, 9.17) is 9.47 Å². The van der Waals surface area contributed by atoms with Gasteiger partial charge in [0.05, 0.1) is 19.8 Å². The molecule has 5 rings (SSSR count). The molecule has 3 aromatic rings. The fourth-order valence-corrected chi connectivity index (χ4v) is 6.15. The molecule has 1 aromatic heterocycles. The van der Waals surface area contributed by atoms with E-state index in [0.29, 0.717) is 55.8 Å². The van der Waals surface area contributed by atoms with Crippen molar-refractivity contribution < 1.29 is 23.9 Å². The number of methoxy groups -OCH3 is 2. The molecule has 0 unspecified atom stereocenters. The molecular formula is C31H38N4O5. The van der Waals surface area contributed by atoms with Gasteiger partial charge in [0.15, 0.2) is 11.5 Å². The zero-order valence-electron chi connectivity index (χ0n) is 23.5. The van der Waals surface area contributed by atoms with E-state index < -0.39 is 0 Å². The molecule has 3 heterocycles. The van der Waals surface area contributed by atoms with Crippen molar-refractivity contribution in [1.82, 2.24) is 20.1 Å². The van der Waals surface area contributed by atoms with Crippen molar-refractivity contribution >= 4 is 28.6 Å². The average Bonchev–Trinajstić information content (AvgIpc) is 3.52. The van der Waals surface area contributed by atoms with E-state index in [2.05, 4.69) is 16.7 Å². The minimum absolute atomic E-state index is 0.0700. The van der Waals surface area contributed by atoms with Crippen LogP contribution < -0.4 is 20.1 Å². The van der Waals surface area contributed by atoms with Crippen LogP contribution in [-0.4, -0.2) is 66.6 Å². The Morgan fingerprint density at radius 3 is 2.55 bits per heavy atom. The van der Waals surface area contributed by atoms with Gasteiger partial charge in [0, 0.05) is 62.2 Å². The number of nitrogens with zero attached hydrogens (tertiary/aromatic N) is 2. The maximum atomic E-state index is 14.0. The number of nitrogens with one attached hydrogen (secondary N) is 2. The van der Waals surface area contributed by atoms with E-state index in [1.807, 2.05) is 53.0 Å². The molecule has 0 aliphatic carbocycles. The smallest absolute Gasteiger partial charge is 0.256 e. The average molecular weight is 547 g/mol. The van der Waals surface area contributed by atoms with Crippen molar-refractivity contribution in [2.24, 2.45) is 7.05 Å². The molecule has 2 aliphatic heterocycles. The minimum atomic E-state index is -0.233. The molecule has 40 heavy (non-hydrogen) atoms.